The number of nitrogens with zero attached hydrogens (tertiary/aromatic N) is 3. The van der Waals surface area contributed by atoms with Crippen LogP contribution in [0.1, 0.15) is 24.2 Å². The molecule has 3 heterocycles. The maximum Gasteiger partial charge on any atom is 0.252 e. The van der Waals surface area contributed by atoms with E-state index in [-0.39, 0.29) is 5.91 Å². The van der Waals surface area contributed by atoms with Crippen molar-refractivity contribution in [1.82, 2.24) is 14.9 Å². The number of hydrogen-bond donors (Lipinski definition) is 2. The molecule has 0 unspecified atom stereocenters. The van der Waals surface area contributed by atoms with Gasteiger partial charge in [-0.2, -0.15) is 0 Å². The molecule has 2 aromatic rings. The molecule has 2 N–H and O–H groups in total. The van der Waals surface area contributed by atoms with E-state index in [1.165, 1.54) is 0 Å². The minimum Gasteiger partial charge on any atom is -0.333 e. The molecule has 124 valence electrons. The molecule has 24 heavy (non-hydrogen) atoms. The number of rotatable bonds is 1. The Bertz CT molecular complexity index is 835. The third-order valence-corrected chi connectivity index (χ3v) is 4.93. The standard InChI is InChI=1S/C17H18ClN5O/c1-23-9-8-20-15(23)14-12-10-11(18)2-3-13(12)21-16(24)17(22-14)4-6-19-7-5-17/h2-3,8-10,19H,4-7H2,1H3,(H,21,24). The lowest BCUT2D eigenvalue weighted by atomic mass is 9.88. The number of piperidine rings is 1. The van der Waals surface area contributed by atoms with Crippen LogP contribution in [-0.2, 0) is 11.8 Å². The Labute approximate surface area is 144 Å². The smallest absolute Gasteiger partial charge is 0.252 e. The molecule has 1 saturated heterocycles. The molecule has 4 rings (SSSR count). The molecule has 6 nitrogen and oxygen atoms in total. The molecule has 7 heteroatoms. The number of carbonyl (C=O) groups is 1. The van der Waals surface area contributed by atoms with Gasteiger partial charge in [-0.05, 0) is 44.1 Å². The minimum atomic E-state index is -0.766. The molecule has 0 aliphatic carbocycles. The normalized spacial score (nSPS) is 19.4. The fourth-order valence-corrected chi connectivity index (χ4v) is 3.50. The van der Waals surface area contributed by atoms with Gasteiger partial charge in [0.15, 0.2) is 5.82 Å². The highest BCUT2D eigenvalue weighted by Crippen LogP contribution is 2.33. The van der Waals surface area contributed by atoms with E-state index in [1.54, 1.807) is 12.3 Å². The van der Waals surface area contributed by atoms with Crippen molar-refractivity contribution in [3.8, 4) is 0 Å². The molecule has 0 bridgehead atoms. The third-order valence-electron chi connectivity index (χ3n) is 4.70. The van der Waals surface area contributed by atoms with Crippen molar-refractivity contribution < 1.29 is 4.79 Å². The Morgan fingerprint density at radius 1 is 1.29 bits per heavy atom. The van der Waals surface area contributed by atoms with Crippen molar-refractivity contribution in [1.29, 1.82) is 0 Å². The van der Waals surface area contributed by atoms with Crippen molar-refractivity contribution in [3.63, 3.8) is 0 Å². The van der Waals surface area contributed by atoms with Crippen molar-refractivity contribution in [2.45, 2.75) is 18.4 Å². The molecule has 0 atom stereocenters. The van der Waals surface area contributed by atoms with E-state index in [0.29, 0.717) is 23.6 Å². The van der Waals surface area contributed by atoms with Gasteiger partial charge in [0, 0.05) is 30.0 Å². The number of aromatic nitrogens is 2. The molecular weight excluding hydrogens is 326 g/mol. The fraction of sp³-hybridized carbons (Fsp3) is 0.353. The summed E-state index contributed by atoms with van der Waals surface area (Å²) in [5, 5.41) is 6.94. The molecule has 1 spiro atoms. The Kier molecular flexibility index (Phi) is 3.66. The summed E-state index contributed by atoms with van der Waals surface area (Å²) in [5.74, 6) is 0.671. The lowest BCUT2D eigenvalue weighted by Crippen LogP contribution is -2.49. The zero-order chi connectivity index (χ0) is 16.7. The van der Waals surface area contributed by atoms with Gasteiger partial charge in [0.05, 0.1) is 5.69 Å². The van der Waals surface area contributed by atoms with Gasteiger partial charge in [0.2, 0.25) is 0 Å². The van der Waals surface area contributed by atoms with Crippen LogP contribution >= 0.6 is 11.6 Å². The quantitative estimate of drug-likeness (QED) is 0.831. The first-order valence-corrected chi connectivity index (χ1v) is 8.36. The number of anilines is 1. The second-order valence-corrected chi connectivity index (χ2v) is 6.68. The van der Waals surface area contributed by atoms with Crippen LogP contribution in [-0.4, -0.2) is 39.8 Å². The number of fused-ring (bicyclic) bond motifs is 1. The number of aryl methyl sites for hydroxylation is 1. The Hall–Kier alpha value is -2.18. The maximum absolute atomic E-state index is 12.9. The SMILES string of the molecule is Cn1ccnc1C1=NC2(CCNCC2)C(=O)Nc2ccc(Cl)cc21. The van der Waals surface area contributed by atoms with Gasteiger partial charge < -0.3 is 15.2 Å². The molecule has 0 radical (unpaired) electrons. The number of hydrogen-bond acceptors (Lipinski definition) is 4. The highest BCUT2D eigenvalue weighted by Gasteiger charge is 2.42. The van der Waals surface area contributed by atoms with Gasteiger partial charge in [-0.1, -0.05) is 11.6 Å². The van der Waals surface area contributed by atoms with Gasteiger partial charge in [-0.3, -0.25) is 9.79 Å². The van der Waals surface area contributed by atoms with E-state index >= 15 is 0 Å². The average Bonchev–Trinajstić information content (AvgIpc) is 2.97. The van der Waals surface area contributed by atoms with E-state index in [2.05, 4.69) is 15.6 Å². The van der Waals surface area contributed by atoms with Crippen LogP contribution in [0.25, 0.3) is 0 Å². The summed E-state index contributed by atoms with van der Waals surface area (Å²) < 4.78 is 1.91. The van der Waals surface area contributed by atoms with Crippen molar-refractivity contribution in [2.24, 2.45) is 12.0 Å². The predicted octanol–water partition coefficient (Wildman–Crippen LogP) is 1.99. The predicted molar refractivity (Wildman–Crippen MR) is 93.8 cm³/mol. The number of aliphatic imine (C=N–C) groups is 1. The van der Waals surface area contributed by atoms with Crippen LogP contribution in [0.3, 0.4) is 0 Å². The second-order valence-electron chi connectivity index (χ2n) is 6.25. The van der Waals surface area contributed by atoms with E-state index < -0.39 is 5.54 Å². The molecule has 1 amide bonds. The van der Waals surface area contributed by atoms with Gasteiger partial charge in [0.1, 0.15) is 11.3 Å². The molecule has 1 aromatic carbocycles. The molecule has 2 aliphatic heterocycles. The van der Waals surface area contributed by atoms with Crippen LogP contribution in [0, 0.1) is 0 Å². The van der Waals surface area contributed by atoms with Gasteiger partial charge in [-0.25, -0.2) is 4.98 Å². The van der Waals surface area contributed by atoms with Crippen LogP contribution in [0.4, 0.5) is 5.69 Å². The number of nitrogens with one attached hydrogen (secondary N) is 2. The van der Waals surface area contributed by atoms with Gasteiger partial charge in [-0.15, -0.1) is 0 Å². The molecule has 1 aromatic heterocycles. The Morgan fingerprint density at radius 3 is 2.79 bits per heavy atom. The van der Waals surface area contributed by atoms with Gasteiger partial charge >= 0.3 is 0 Å². The monoisotopic (exact) mass is 343 g/mol. The summed E-state index contributed by atoms with van der Waals surface area (Å²) in [6.45, 7) is 1.53. The summed E-state index contributed by atoms with van der Waals surface area (Å²) >= 11 is 6.21. The summed E-state index contributed by atoms with van der Waals surface area (Å²) in [6.07, 6.45) is 4.93. The molecule has 1 fully saturated rings. The first-order chi connectivity index (χ1) is 11.6. The first-order valence-electron chi connectivity index (χ1n) is 7.99. The third kappa shape index (κ3) is 2.42. The summed E-state index contributed by atoms with van der Waals surface area (Å²) in [4.78, 5) is 22.3. The molecule has 2 aliphatic rings. The number of amides is 1. The van der Waals surface area contributed by atoms with E-state index in [9.17, 15) is 4.79 Å². The minimum absolute atomic E-state index is 0.0585. The summed E-state index contributed by atoms with van der Waals surface area (Å²) in [5.41, 5.74) is 1.47. The van der Waals surface area contributed by atoms with Crippen LogP contribution in [0.5, 0.6) is 0 Å². The maximum atomic E-state index is 12.9. The van der Waals surface area contributed by atoms with E-state index in [0.717, 1.165) is 30.2 Å². The topological polar surface area (TPSA) is 71.3 Å². The van der Waals surface area contributed by atoms with Crippen molar-refractivity contribution in [3.05, 3.63) is 47.0 Å². The van der Waals surface area contributed by atoms with Crippen LogP contribution in [0.15, 0.2) is 35.6 Å². The first kappa shape index (κ1) is 15.4. The van der Waals surface area contributed by atoms with Crippen molar-refractivity contribution >= 4 is 28.9 Å². The number of imidazole rings is 1. The van der Waals surface area contributed by atoms with E-state index in [1.807, 2.05) is 29.9 Å². The number of carbonyl (C=O) groups excluding carboxylic acids is 1. The van der Waals surface area contributed by atoms with Crippen molar-refractivity contribution in [2.75, 3.05) is 18.4 Å². The zero-order valence-corrected chi connectivity index (χ0v) is 14.1. The molecular formula is C17H18ClN5O. The van der Waals surface area contributed by atoms with E-state index in [4.69, 9.17) is 16.6 Å². The zero-order valence-electron chi connectivity index (χ0n) is 13.3. The number of halogens is 1. The second kappa shape index (κ2) is 5.72. The Morgan fingerprint density at radius 2 is 2.08 bits per heavy atom. The highest BCUT2D eigenvalue weighted by molar-refractivity contribution is 6.31. The van der Waals surface area contributed by atoms with Crippen LogP contribution < -0.4 is 10.6 Å². The summed E-state index contributed by atoms with van der Waals surface area (Å²) in [7, 11) is 1.92. The van der Waals surface area contributed by atoms with Gasteiger partial charge in [0.25, 0.3) is 5.91 Å². The number of benzene rings is 1. The lowest BCUT2D eigenvalue weighted by Gasteiger charge is -2.32. The summed E-state index contributed by atoms with van der Waals surface area (Å²) in [6, 6.07) is 5.44. The molecule has 0 saturated carbocycles. The average molecular weight is 344 g/mol. The lowest BCUT2D eigenvalue weighted by molar-refractivity contribution is -0.121. The Balaban J connectivity index is 1.96. The highest BCUT2D eigenvalue weighted by atomic mass is 35.5. The largest absolute Gasteiger partial charge is 0.333 e. The van der Waals surface area contributed by atoms with Crippen LogP contribution in [0.2, 0.25) is 5.02 Å². The fourth-order valence-electron chi connectivity index (χ4n) is 3.33.